The smallest absolute Gasteiger partial charge is 0.318 e. The van der Waals surface area contributed by atoms with Crippen molar-refractivity contribution in [2.24, 2.45) is 5.73 Å². The summed E-state index contributed by atoms with van der Waals surface area (Å²) in [5.41, 5.74) is 5.77. The van der Waals surface area contributed by atoms with Gasteiger partial charge in [0, 0.05) is 23.2 Å². The molecule has 3 N–H and O–H groups in total. The lowest BCUT2D eigenvalue weighted by molar-refractivity contribution is -0.119. The van der Waals surface area contributed by atoms with Crippen molar-refractivity contribution in [1.82, 2.24) is 10.3 Å². The molecule has 1 rings (SSSR count). The first-order chi connectivity index (χ1) is 7.08. The molecule has 15 heavy (non-hydrogen) atoms. The van der Waals surface area contributed by atoms with E-state index < -0.39 is 6.03 Å². The second-order valence-electron chi connectivity index (χ2n) is 2.77. The van der Waals surface area contributed by atoms with Crippen LogP contribution in [0.2, 0.25) is 0 Å². The number of thiazole rings is 1. The number of imide groups is 1. The first-order valence-corrected chi connectivity index (χ1v) is 6.08. The molecule has 0 fully saturated rings. The number of primary amides is 1. The number of nitrogens with zero attached hydrogens (tertiary/aromatic N) is 1. The van der Waals surface area contributed by atoms with Crippen molar-refractivity contribution in [2.45, 2.75) is 17.7 Å². The second kappa shape index (κ2) is 5.72. The van der Waals surface area contributed by atoms with E-state index in [0.29, 0.717) is 5.75 Å². The minimum Gasteiger partial charge on any atom is -0.351 e. The maximum absolute atomic E-state index is 11.0. The van der Waals surface area contributed by atoms with Gasteiger partial charge in [-0.3, -0.25) is 10.1 Å². The van der Waals surface area contributed by atoms with Gasteiger partial charge >= 0.3 is 6.03 Å². The highest BCUT2D eigenvalue weighted by molar-refractivity contribution is 8.01. The monoisotopic (exact) mass is 245 g/mol. The van der Waals surface area contributed by atoms with Gasteiger partial charge in [-0.15, -0.1) is 11.3 Å². The largest absolute Gasteiger partial charge is 0.351 e. The number of thioether (sulfide) groups is 1. The SMILES string of the molecule is Cc1csc(SCCC(=O)NC(N)=O)n1. The summed E-state index contributed by atoms with van der Waals surface area (Å²) in [5, 5.41) is 3.95. The number of rotatable bonds is 4. The highest BCUT2D eigenvalue weighted by Gasteiger charge is 2.05. The summed E-state index contributed by atoms with van der Waals surface area (Å²) < 4.78 is 0.930. The van der Waals surface area contributed by atoms with Crippen molar-refractivity contribution >= 4 is 35.0 Å². The van der Waals surface area contributed by atoms with Crippen LogP contribution < -0.4 is 11.1 Å². The van der Waals surface area contributed by atoms with Gasteiger partial charge in [-0.2, -0.15) is 0 Å². The quantitative estimate of drug-likeness (QED) is 0.779. The predicted molar refractivity (Wildman–Crippen MR) is 59.9 cm³/mol. The molecule has 0 spiro atoms. The molecule has 7 heteroatoms. The summed E-state index contributed by atoms with van der Waals surface area (Å²) in [6.07, 6.45) is 0.256. The van der Waals surface area contributed by atoms with Crippen molar-refractivity contribution < 1.29 is 9.59 Å². The van der Waals surface area contributed by atoms with Crippen LogP contribution >= 0.6 is 23.1 Å². The summed E-state index contributed by atoms with van der Waals surface area (Å²) in [7, 11) is 0. The van der Waals surface area contributed by atoms with E-state index in [1.165, 1.54) is 11.8 Å². The van der Waals surface area contributed by atoms with Crippen LogP contribution in [-0.2, 0) is 4.79 Å². The lowest BCUT2D eigenvalue weighted by Crippen LogP contribution is -2.35. The zero-order valence-corrected chi connectivity index (χ0v) is 9.78. The number of hydrogen-bond donors (Lipinski definition) is 2. The van der Waals surface area contributed by atoms with Crippen molar-refractivity contribution in [2.75, 3.05) is 5.75 Å². The average molecular weight is 245 g/mol. The van der Waals surface area contributed by atoms with Gasteiger partial charge in [-0.1, -0.05) is 11.8 Å². The molecule has 0 saturated carbocycles. The van der Waals surface area contributed by atoms with Gasteiger partial charge in [0.25, 0.3) is 0 Å². The molecule has 5 nitrogen and oxygen atoms in total. The highest BCUT2D eigenvalue weighted by atomic mass is 32.2. The van der Waals surface area contributed by atoms with Crippen molar-refractivity contribution in [3.05, 3.63) is 11.1 Å². The van der Waals surface area contributed by atoms with Gasteiger partial charge in [0.1, 0.15) is 4.34 Å². The first kappa shape index (κ1) is 12.0. The molecule has 3 amide bonds. The third kappa shape index (κ3) is 4.80. The number of hydrogen-bond acceptors (Lipinski definition) is 5. The average Bonchev–Trinajstić information content (AvgIpc) is 2.50. The molecule has 1 aromatic rings. The maximum Gasteiger partial charge on any atom is 0.318 e. The fourth-order valence-corrected chi connectivity index (χ4v) is 2.69. The molecular weight excluding hydrogens is 234 g/mol. The Morgan fingerprint density at radius 2 is 2.40 bits per heavy atom. The van der Waals surface area contributed by atoms with E-state index in [-0.39, 0.29) is 12.3 Å². The molecule has 0 aromatic carbocycles. The summed E-state index contributed by atoms with van der Waals surface area (Å²) >= 11 is 3.03. The normalized spacial score (nSPS) is 9.93. The van der Waals surface area contributed by atoms with Gasteiger partial charge < -0.3 is 5.73 Å². The minimum absolute atomic E-state index is 0.256. The zero-order valence-electron chi connectivity index (χ0n) is 8.15. The number of carbonyl (C=O) groups is 2. The molecule has 0 aliphatic carbocycles. The summed E-state index contributed by atoms with van der Waals surface area (Å²) in [6.45, 7) is 1.92. The molecule has 0 unspecified atom stereocenters. The van der Waals surface area contributed by atoms with E-state index in [1.807, 2.05) is 17.6 Å². The highest BCUT2D eigenvalue weighted by Crippen LogP contribution is 2.22. The Labute approximate surface area is 95.5 Å². The molecule has 0 atom stereocenters. The van der Waals surface area contributed by atoms with Gasteiger partial charge in [-0.25, -0.2) is 9.78 Å². The third-order valence-electron chi connectivity index (χ3n) is 1.42. The Morgan fingerprint density at radius 3 is 2.93 bits per heavy atom. The van der Waals surface area contributed by atoms with Crippen molar-refractivity contribution in [3.8, 4) is 0 Å². The van der Waals surface area contributed by atoms with Crippen LogP contribution in [0, 0.1) is 6.92 Å². The van der Waals surface area contributed by atoms with E-state index in [9.17, 15) is 9.59 Å². The van der Waals surface area contributed by atoms with E-state index in [0.717, 1.165) is 10.0 Å². The van der Waals surface area contributed by atoms with Gasteiger partial charge in [0.15, 0.2) is 0 Å². The lowest BCUT2D eigenvalue weighted by Gasteiger charge is -1.98. The Kier molecular flexibility index (Phi) is 4.57. The first-order valence-electron chi connectivity index (χ1n) is 4.22. The molecule has 1 aromatic heterocycles. The molecule has 1 heterocycles. The van der Waals surface area contributed by atoms with Crippen molar-refractivity contribution in [1.29, 1.82) is 0 Å². The van der Waals surface area contributed by atoms with Crippen LogP contribution in [0.1, 0.15) is 12.1 Å². The Morgan fingerprint density at radius 1 is 1.67 bits per heavy atom. The summed E-state index contributed by atoms with van der Waals surface area (Å²) in [4.78, 5) is 25.6. The van der Waals surface area contributed by atoms with E-state index >= 15 is 0 Å². The van der Waals surface area contributed by atoms with Gasteiger partial charge in [-0.05, 0) is 6.92 Å². The number of amides is 3. The van der Waals surface area contributed by atoms with Crippen LogP contribution in [0.15, 0.2) is 9.72 Å². The molecule has 0 bridgehead atoms. The molecule has 0 aliphatic rings. The Hall–Kier alpha value is -1.08. The molecule has 82 valence electrons. The lowest BCUT2D eigenvalue weighted by atomic mass is 10.4. The number of carbonyl (C=O) groups excluding carboxylic acids is 2. The number of aromatic nitrogens is 1. The van der Waals surface area contributed by atoms with Crippen LogP contribution in [0.3, 0.4) is 0 Å². The minimum atomic E-state index is -0.810. The van der Waals surface area contributed by atoms with Crippen LogP contribution in [-0.4, -0.2) is 22.7 Å². The Balaban J connectivity index is 2.22. The Bertz CT molecular complexity index is 365. The van der Waals surface area contributed by atoms with Crippen molar-refractivity contribution in [3.63, 3.8) is 0 Å². The zero-order chi connectivity index (χ0) is 11.3. The molecule has 0 radical (unpaired) electrons. The maximum atomic E-state index is 11.0. The molecule has 0 aliphatic heterocycles. The summed E-state index contributed by atoms with van der Waals surface area (Å²) in [5.74, 6) is 0.231. The van der Waals surface area contributed by atoms with Gasteiger partial charge in [0.2, 0.25) is 5.91 Å². The van der Waals surface area contributed by atoms with Gasteiger partial charge in [0.05, 0.1) is 0 Å². The van der Waals surface area contributed by atoms with E-state index in [4.69, 9.17) is 5.73 Å². The third-order valence-corrected chi connectivity index (χ3v) is 3.56. The fourth-order valence-electron chi connectivity index (χ4n) is 0.830. The second-order valence-corrected chi connectivity index (χ2v) is 4.97. The number of nitrogens with one attached hydrogen (secondary N) is 1. The van der Waals surface area contributed by atoms with Crippen LogP contribution in [0.4, 0.5) is 4.79 Å². The molecule has 0 saturated heterocycles. The topological polar surface area (TPSA) is 85.1 Å². The van der Waals surface area contributed by atoms with Crippen LogP contribution in [0.25, 0.3) is 0 Å². The predicted octanol–water partition coefficient (Wildman–Crippen LogP) is 1.13. The van der Waals surface area contributed by atoms with E-state index in [1.54, 1.807) is 11.3 Å². The fraction of sp³-hybridized carbons (Fsp3) is 0.375. The summed E-state index contributed by atoms with van der Waals surface area (Å²) in [6, 6.07) is -0.810. The number of urea groups is 1. The number of aryl methyl sites for hydroxylation is 1. The van der Waals surface area contributed by atoms with E-state index in [2.05, 4.69) is 4.98 Å². The molecular formula is C8H11N3O2S2. The number of nitrogens with two attached hydrogens (primary N) is 1. The van der Waals surface area contributed by atoms with Crippen LogP contribution in [0.5, 0.6) is 0 Å². The standard InChI is InChI=1S/C8H11N3O2S2/c1-5-4-15-8(10-5)14-3-2-6(12)11-7(9)13/h4H,2-3H2,1H3,(H3,9,11,12,13).